The lowest BCUT2D eigenvalue weighted by atomic mass is 9.94. The summed E-state index contributed by atoms with van der Waals surface area (Å²) in [6.07, 6.45) is 8.77. The lowest BCUT2D eigenvalue weighted by Gasteiger charge is -2.29. The molecule has 0 unspecified atom stereocenters. The zero-order valence-electron chi connectivity index (χ0n) is 22.9. The largest absolute Gasteiger partial charge is 0.393 e. The van der Waals surface area contributed by atoms with E-state index in [2.05, 4.69) is 54.7 Å². The molecule has 0 radical (unpaired) electrons. The number of aliphatic imine (C=N–C) groups is 1. The molecule has 2 aromatic heterocycles. The summed E-state index contributed by atoms with van der Waals surface area (Å²) in [6.45, 7) is 6.98. The van der Waals surface area contributed by atoms with Crippen LogP contribution in [0.5, 0.6) is 0 Å². The maximum atomic E-state index is 13.5. The van der Waals surface area contributed by atoms with Gasteiger partial charge in [-0.2, -0.15) is 0 Å². The van der Waals surface area contributed by atoms with Crippen molar-refractivity contribution in [3.05, 3.63) is 71.7 Å². The number of piperidine rings is 1. The van der Waals surface area contributed by atoms with Crippen molar-refractivity contribution in [3.63, 3.8) is 0 Å². The number of carbonyl (C=O) groups is 1. The number of likely N-dealkylation sites (tertiary alicyclic amines) is 1. The van der Waals surface area contributed by atoms with Gasteiger partial charge in [0.05, 0.1) is 18.0 Å². The molecule has 6 rings (SSSR count). The van der Waals surface area contributed by atoms with Crippen LogP contribution in [0.2, 0.25) is 0 Å². The van der Waals surface area contributed by atoms with Crippen molar-refractivity contribution in [1.82, 2.24) is 20.2 Å². The van der Waals surface area contributed by atoms with E-state index in [0.29, 0.717) is 17.9 Å². The summed E-state index contributed by atoms with van der Waals surface area (Å²) in [5, 5.41) is 16.2. The van der Waals surface area contributed by atoms with Crippen LogP contribution in [-0.2, 0) is 17.8 Å². The predicted octanol–water partition coefficient (Wildman–Crippen LogP) is 2.88. The van der Waals surface area contributed by atoms with Crippen molar-refractivity contribution >= 4 is 23.1 Å². The fourth-order valence-electron chi connectivity index (χ4n) is 5.73. The summed E-state index contributed by atoms with van der Waals surface area (Å²) in [5.41, 5.74) is 6.34. The number of piperazine rings is 1. The first-order valence-corrected chi connectivity index (χ1v) is 14.4. The molecule has 3 aliphatic rings. The minimum Gasteiger partial charge on any atom is -0.393 e. The lowest BCUT2D eigenvalue weighted by Crippen LogP contribution is -2.43. The number of nitrogens with zero attached hydrogens (tertiary/aromatic N) is 5. The van der Waals surface area contributed by atoms with Crippen LogP contribution in [0, 0.1) is 0 Å². The van der Waals surface area contributed by atoms with Crippen molar-refractivity contribution in [2.45, 2.75) is 38.3 Å². The molecule has 9 nitrogen and oxygen atoms in total. The van der Waals surface area contributed by atoms with E-state index in [4.69, 9.17) is 4.99 Å². The molecule has 0 bridgehead atoms. The molecule has 2 saturated heterocycles. The Bertz CT molecular complexity index is 1360. The van der Waals surface area contributed by atoms with Gasteiger partial charge in [0.15, 0.2) is 0 Å². The standard InChI is InChI=1S/C31H37N7O2/c39-27-7-12-37(13-8-27)21-22-16-25(19-33-18-22)24-4-3-23-2-1-9-34-30(28(23)17-24)31(40)36-26-5-6-29(35-20-26)38-14-10-32-11-15-38/h3-6,16-20,27,32,39H,1-2,7-15,21H2,(H,36,40). The van der Waals surface area contributed by atoms with Crippen molar-refractivity contribution in [2.75, 3.05) is 56.0 Å². The lowest BCUT2D eigenvalue weighted by molar-refractivity contribution is -0.110. The van der Waals surface area contributed by atoms with Crippen molar-refractivity contribution in [1.29, 1.82) is 0 Å². The average molecular weight is 540 g/mol. The van der Waals surface area contributed by atoms with Crippen LogP contribution >= 0.6 is 0 Å². The van der Waals surface area contributed by atoms with Gasteiger partial charge >= 0.3 is 0 Å². The SMILES string of the molecule is O=C(Nc1ccc(N2CCNCC2)nc1)C1=NCCCc2ccc(-c3cncc(CN4CCC(O)CC4)c3)cc21. The van der Waals surface area contributed by atoms with Crippen molar-refractivity contribution in [2.24, 2.45) is 4.99 Å². The Morgan fingerprint density at radius 3 is 2.65 bits per heavy atom. The smallest absolute Gasteiger partial charge is 0.274 e. The quantitative estimate of drug-likeness (QED) is 0.442. The number of aliphatic hydroxyl groups is 1. The minimum absolute atomic E-state index is 0.179. The van der Waals surface area contributed by atoms with Gasteiger partial charge in [0.2, 0.25) is 0 Å². The second-order valence-electron chi connectivity index (χ2n) is 10.9. The van der Waals surface area contributed by atoms with Gasteiger partial charge in [0.25, 0.3) is 5.91 Å². The molecule has 208 valence electrons. The van der Waals surface area contributed by atoms with Crippen LogP contribution in [0.15, 0.2) is 60.0 Å². The van der Waals surface area contributed by atoms with E-state index in [1.165, 1.54) is 0 Å². The number of rotatable bonds is 6. The fourth-order valence-corrected chi connectivity index (χ4v) is 5.73. The molecule has 0 aliphatic carbocycles. The van der Waals surface area contributed by atoms with Gasteiger partial charge in [0.1, 0.15) is 11.5 Å². The molecule has 3 aromatic rings. The molecule has 3 N–H and O–H groups in total. The molecular formula is C31H37N7O2. The molecule has 0 spiro atoms. The third-order valence-corrected chi connectivity index (χ3v) is 7.99. The van der Waals surface area contributed by atoms with E-state index in [1.54, 1.807) is 6.20 Å². The normalized spacial score (nSPS) is 18.5. The second-order valence-corrected chi connectivity index (χ2v) is 10.9. The van der Waals surface area contributed by atoms with Crippen LogP contribution < -0.4 is 15.5 Å². The zero-order chi connectivity index (χ0) is 27.3. The monoisotopic (exact) mass is 539 g/mol. The molecule has 1 aromatic carbocycles. The Morgan fingerprint density at radius 1 is 1.00 bits per heavy atom. The fraction of sp³-hybridized carbons (Fsp3) is 0.419. The summed E-state index contributed by atoms with van der Waals surface area (Å²) >= 11 is 0. The first kappa shape index (κ1) is 26.6. The highest BCUT2D eigenvalue weighted by Crippen LogP contribution is 2.27. The first-order valence-electron chi connectivity index (χ1n) is 14.4. The van der Waals surface area contributed by atoms with E-state index in [-0.39, 0.29) is 12.0 Å². The van der Waals surface area contributed by atoms with E-state index in [0.717, 1.165) is 105 Å². The van der Waals surface area contributed by atoms with Gasteiger partial charge < -0.3 is 20.6 Å². The number of hydrogen-bond acceptors (Lipinski definition) is 8. The number of aliphatic hydroxyl groups excluding tert-OH is 1. The number of carbonyl (C=O) groups excluding carboxylic acids is 1. The molecular weight excluding hydrogens is 502 g/mol. The number of aromatic nitrogens is 2. The third-order valence-electron chi connectivity index (χ3n) is 7.99. The number of aryl methyl sites for hydroxylation is 1. The molecule has 5 heterocycles. The van der Waals surface area contributed by atoms with Crippen LogP contribution in [-0.4, -0.2) is 83.5 Å². The Hall–Kier alpha value is -3.66. The van der Waals surface area contributed by atoms with E-state index in [1.807, 2.05) is 24.5 Å². The highest BCUT2D eigenvalue weighted by atomic mass is 16.3. The van der Waals surface area contributed by atoms with Gasteiger partial charge in [-0.1, -0.05) is 12.1 Å². The van der Waals surface area contributed by atoms with E-state index in [9.17, 15) is 9.90 Å². The van der Waals surface area contributed by atoms with Gasteiger partial charge in [-0.15, -0.1) is 0 Å². The Labute approximate surface area is 235 Å². The third kappa shape index (κ3) is 6.22. The minimum atomic E-state index is -0.212. The molecule has 1 amide bonds. The second kappa shape index (κ2) is 12.2. The number of nitrogens with one attached hydrogen (secondary N) is 2. The molecule has 0 atom stereocenters. The average Bonchev–Trinajstić information content (AvgIpc) is 3.22. The van der Waals surface area contributed by atoms with Crippen LogP contribution in [0.3, 0.4) is 0 Å². The van der Waals surface area contributed by atoms with E-state index >= 15 is 0 Å². The van der Waals surface area contributed by atoms with Crippen molar-refractivity contribution in [3.8, 4) is 11.1 Å². The molecule has 9 heteroatoms. The zero-order valence-corrected chi connectivity index (χ0v) is 22.9. The van der Waals surface area contributed by atoms with Gasteiger partial charge in [-0.25, -0.2) is 4.98 Å². The van der Waals surface area contributed by atoms with Crippen LogP contribution in [0.4, 0.5) is 11.5 Å². The van der Waals surface area contributed by atoms with Crippen LogP contribution in [0.1, 0.15) is 36.0 Å². The number of fused-ring (bicyclic) bond motifs is 1. The maximum Gasteiger partial charge on any atom is 0.274 e. The van der Waals surface area contributed by atoms with Crippen molar-refractivity contribution < 1.29 is 9.90 Å². The summed E-state index contributed by atoms with van der Waals surface area (Å²) in [4.78, 5) is 31.9. The highest BCUT2D eigenvalue weighted by molar-refractivity contribution is 6.49. The Balaban J connectivity index is 1.19. The number of pyridine rings is 2. The topological polar surface area (TPSA) is 106 Å². The highest BCUT2D eigenvalue weighted by Gasteiger charge is 2.22. The summed E-state index contributed by atoms with van der Waals surface area (Å²) in [7, 11) is 0. The Kier molecular flexibility index (Phi) is 8.13. The molecule has 3 aliphatic heterocycles. The first-order chi connectivity index (χ1) is 19.6. The summed E-state index contributed by atoms with van der Waals surface area (Å²) < 4.78 is 0. The molecule has 40 heavy (non-hydrogen) atoms. The number of anilines is 2. The molecule has 0 saturated carbocycles. The number of benzene rings is 1. The Morgan fingerprint density at radius 2 is 1.85 bits per heavy atom. The summed E-state index contributed by atoms with van der Waals surface area (Å²) in [6, 6.07) is 12.4. The van der Waals surface area contributed by atoms with Gasteiger partial charge in [0, 0.05) is 75.9 Å². The van der Waals surface area contributed by atoms with Gasteiger partial charge in [-0.05, 0) is 66.6 Å². The number of amides is 1. The van der Waals surface area contributed by atoms with E-state index < -0.39 is 0 Å². The maximum absolute atomic E-state index is 13.5. The predicted molar refractivity (Wildman–Crippen MR) is 158 cm³/mol. The molecule has 2 fully saturated rings. The number of hydrogen-bond donors (Lipinski definition) is 3. The summed E-state index contributed by atoms with van der Waals surface area (Å²) in [5.74, 6) is 0.714. The van der Waals surface area contributed by atoms with Crippen LogP contribution in [0.25, 0.3) is 11.1 Å². The van der Waals surface area contributed by atoms with Gasteiger partial charge in [-0.3, -0.25) is 19.7 Å².